The standard InChI is InChI=1S/C14H13Br2N3OS/c1-20-9-4-2-3-8(5-9)19-11(7-18-14(19)17)12-6-10(15)13(16)21-12/h2-6,11H,7H2,1H3,(H2,17,18). The van der Waals surface area contributed by atoms with Crippen molar-refractivity contribution in [1.29, 1.82) is 0 Å². The van der Waals surface area contributed by atoms with Gasteiger partial charge in [0.1, 0.15) is 5.75 Å². The minimum Gasteiger partial charge on any atom is -0.497 e. The van der Waals surface area contributed by atoms with Crippen LogP contribution in [0.4, 0.5) is 5.69 Å². The average molecular weight is 431 g/mol. The zero-order valence-electron chi connectivity index (χ0n) is 11.2. The second-order valence-corrected chi connectivity index (χ2v) is 7.81. The first-order valence-electron chi connectivity index (χ1n) is 6.28. The van der Waals surface area contributed by atoms with Crippen LogP contribution in [0.15, 0.2) is 43.6 Å². The molecular weight excluding hydrogens is 418 g/mol. The van der Waals surface area contributed by atoms with E-state index in [1.807, 2.05) is 29.2 Å². The van der Waals surface area contributed by atoms with Crippen molar-refractivity contribution >= 4 is 54.8 Å². The Hall–Kier alpha value is -1.05. The lowest BCUT2D eigenvalue weighted by molar-refractivity contribution is 0.415. The fraction of sp³-hybridized carbons (Fsp3) is 0.214. The molecule has 1 atom stereocenters. The molecule has 1 aliphatic heterocycles. The first-order chi connectivity index (χ1) is 10.1. The van der Waals surface area contributed by atoms with Gasteiger partial charge in [-0.15, -0.1) is 11.3 Å². The highest BCUT2D eigenvalue weighted by Crippen LogP contribution is 2.40. The van der Waals surface area contributed by atoms with Gasteiger partial charge >= 0.3 is 0 Å². The summed E-state index contributed by atoms with van der Waals surface area (Å²) in [6.45, 7) is 0.655. The molecule has 110 valence electrons. The second-order valence-electron chi connectivity index (χ2n) is 4.56. The fourth-order valence-corrected chi connectivity index (χ4v) is 4.49. The van der Waals surface area contributed by atoms with Gasteiger partial charge in [0.15, 0.2) is 5.96 Å². The van der Waals surface area contributed by atoms with Gasteiger partial charge in [-0.25, -0.2) is 0 Å². The summed E-state index contributed by atoms with van der Waals surface area (Å²) in [7, 11) is 1.66. The third kappa shape index (κ3) is 2.82. The molecule has 0 bridgehead atoms. The summed E-state index contributed by atoms with van der Waals surface area (Å²) in [5, 5.41) is 0. The van der Waals surface area contributed by atoms with Crippen molar-refractivity contribution in [3.8, 4) is 5.75 Å². The second kappa shape index (κ2) is 5.98. The maximum atomic E-state index is 6.09. The lowest BCUT2D eigenvalue weighted by Gasteiger charge is -2.25. The molecule has 4 nitrogen and oxygen atoms in total. The predicted molar refractivity (Wildman–Crippen MR) is 94.4 cm³/mol. The molecule has 2 N–H and O–H groups in total. The first kappa shape index (κ1) is 14.9. The quantitative estimate of drug-likeness (QED) is 0.795. The van der Waals surface area contributed by atoms with Crippen molar-refractivity contribution in [2.75, 3.05) is 18.6 Å². The van der Waals surface area contributed by atoms with Crippen molar-refractivity contribution in [2.45, 2.75) is 6.04 Å². The minimum absolute atomic E-state index is 0.115. The van der Waals surface area contributed by atoms with Gasteiger partial charge in [0, 0.05) is 21.1 Å². The Morgan fingerprint density at radius 1 is 1.38 bits per heavy atom. The van der Waals surface area contributed by atoms with Gasteiger partial charge in [-0.05, 0) is 50.1 Å². The zero-order chi connectivity index (χ0) is 15.0. The molecule has 0 saturated carbocycles. The molecule has 0 aliphatic carbocycles. The first-order valence-corrected chi connectivity index (χ1v) is 8.68. The van der Waals surface area contributed by atoms with Crippen LogP contribution in [-0.2, 0) is 0 Å². The molecule has 1 aliphatic rings. The van der Waals surface area contributed by atoms with E-state index in [0.717, 1.165) is 19.7 Å². The number of rotatable bonds is 3. The number of methoxy groups -OCH3 is 1. The van der Waals surface area contributed by atoms with Crippen molar-refractivity contribution < 1.29 is 4.74 Å². The Morgan fingerprint density at radius 2 is 2.19 bits per heavy atom. The summed E-state index contributed by atoms with van der Waals surface area (Å²) in [5.41, 5.74) is 7.08. The van der Waals surface area contributed by atoms with Crippen molar-refractivity contribution in [3.05, 3.63) is 43.5 Å². The number of hydrogen-bond donors (Lipinski definition) is 1. The van der Waals surface area contributed by atoms with Crippen LogP contribution in [0.5, 0.6) is 5.75 Å². The Balaban J connectivity index is 1.98. The van der Waals surface area contributed by atoms with Gasteiger partial charge in [-0.1, -0.05) is 6.07 Å². The summed E-state index contributed by atoms with van der Waals surface area (Å²) < 4.78 is 7.43. The molecule has 2 heterocycles. The van der Waals surface area contributed by atoms with Gasteiger partial charge < -0.3 is 15.4 Å². The molecule has 0 fully saturated rings. The summed E-state index contributed by atoms with van der Waals surface area (Å²) in [5.74, 6) is 1.34. The highest BCUT2D eigenvalue weighted by atomic mass is 79.9. The molecular formula is C14H13Br2N3OS. The van der Waals surface area contributed by atoms with Crippen molar-refractivity contribution in [2.24, 2.45) is 10.7 Å². The lowest BCUT2D eigenvalue weighted by Crippen LogP contribution is -2.35. The van der Waals surface area contributed by atoms with Crippen LogP contribution < -0.4 is 15.4 Å². The lowest BCUT2D eigenvalue weighted by atomic mass is 10.2. The number of thiophene rings is 1. The number of hydrogen-bond acceptors (Lipinski definition) is 5. The molecule has 0 amide bonds. The largest absolute Gasteiger partial charge is 0.497 e. The van der Waals surface area contributed by atoms with E-state index in [1.165, 1.54) is 4.88 Å². The van der Waals surface area contributed by atoms with Gasteiger partial charge in [0.2, 0.25) is 0 Å². The third-order valence-electron chi connectivity index (χ3n) is 3.31. The molecule has 1 aromatic carbocycles. The number of halogens is 2. The molecule has 7 heteroatoms. The van der Waals surface area contributed by atoms with Gasteiger partial charge in [-0.2, -0.15) is 0 Å². The maximum Gasteiger partial charge on any atom is 0.196 e. The van der Waals surface area contributed by atoms with Gasteiger partial charge in [0.25, 0.3) is 0 Å². The summed E-state index contributed by atoms with van der Waals surface area (Å²) >= 11 is 8.77. The monoisotopic (exact) mass is 429 g/mol. The van der Waals surface area contributed by atoms with E-state index in [0.29, 0.717) is 12.5 Å². The Morgan fingerprint density at radius 3 is 2.86 bits per heavy atom. The zero-order valence-corrected chi connectivity index (χ0v) is 15.2. The third-order valence-corrected chi connectivity index (χ3v) is 6.67. The summed E-state index contributed by atoms with van der Waals surface area (Å²) in [6, 6.07) is 10.1. The van der Waals surface area contributed by atoms with Crippen LogP contribution in [0.3, 0.4) is 0 Å². The molecule has 2 aromatic rings. The van der Waals surface area contributed by atoms with Crippen LogP contribution in [0, 0.1) is 0 Å². The Kier molecular flexibility index (Phi) is 4.24. The number of ether oxygens (including phenoxy) is 1. The molecule has 1 aromatic heterocycles. The number of benzene rings is 1. The molecule has 0 spiro atoms. The Bertz CT molecular complexity index is 682. The van der Waals surface area contributed by atoms with Crippen LogP contribution in [0.25, 0.3) is 0 Å². The smallest absolute Gasteiger partial charge is 0.196 e. The minimum atomic E-state index is 0.115. The number of nitrogens with zero attached hydrogens (tertiary/aromatic N) is 2. The van der Waals surface area contributed by atoms with Gasteiger partial charge in [-0.3, -0.25) is 4.99 Å². The van der Waals surface area contributed by atoms with Crippen LogP contribution in [0.1, 0.15) is 10.9 Å². The molecule has 21 heavy (non-hydrogen) atoms. The SMILES string of the molecule is COc1cccc(N2C(N)=NCC2c2cc(Br)c(Br)s2)c1. The van der Waals surface area contributed by atoms with Crippen molar-refractivity contribution in [1.82, 2.24) is 0 Å². The average Bonchev–Trinajstić information content (AvgIpc) is 3.02. The summed E-state index contributed by atoms with van der Waals surface area (Å²) in [4.78, 5) is 7.66. The summed E-state index contributed by atoms with van der Waals surface area (Å²) in [6.07, 6.45) is 0. The van der Waals surface area contributed by atoms with Crippen LogP contribution in [-0.4, -0.2) is 19.6 Å². The topological polar surface area (TPSA) is 50.9 Å². The van der Waals surface area contributed by atoms with Crippen molar-refractivity contribution in [3.63, 3.8) is 0 Å². The highest BCUT2D eigenvalue weighted by molar-refractivity contribution is 9.13. The molecule has 3 rings (SSSR count). The van der Waals surface area contributed by atoms with E-state index in [-0.39, 0.29) is 6.04 Å². The van der Waals surface area contributed by atoms with Crippen LogP contribution in [0.2, 0.25) is 0 Å². The van der Waals surface area contributed by atoms with Crippen LogP contribution >= 0.6 is 43.2 Å². The predicted octanol–water partition coefficient (Wildman–Crippen LogP) is 4.16. The Labute approximate surface area is 143 Å². The van der Waals surface area contributed by atoms with E-state index >= 15 is 0 Å². The molecule has 0 radical (unpaired) electrons. The molecule has 1 unspecified atom stereocenters. The fourth-order valence-electron chi connectivity index (χ4n) is 2.31. The number of aliphatic imine (C=N–C) groups is 1. The van der Waals surface area contributed by atoms with Gasteiger partial charge in [0.05, 0.1) is 23.5 Å². The van der Waals surface area contributed by atoms with E-state index in [9.17, 15) is 0 Å². The molecule has 0 saturated heterocycles. The van der Waals surface area contributed by atoms with E-state index in [2.05, 4.69) is 42.9 Å². The van der Waals surface area contributed by atoms with E-state index in [4.69, 9.17) is 10.5 Å². The number of guanidine groups is 1. The van der Waals surface area contributed by atoms with E-state index in [1.54, 1.807) is 18.4 Å². The number of nitrogens with two attached hydrogens (primary N) is 1. The highest BCUT2D eigenvalue weighted by Gasteiger charge is 2.30. The maximum absolute atomic E-state index is 6.09. The normalized spacial score (nSPS) is 18.0. The van der Waals surface area contributed by atoms with E-state index < -0.39 is 0 Å². The number of anilines is 1.